The number of likely N-dealkylation sites (N-methyl/N-ethyl adjacent to an activating group) is 1. The number of nitrogens with zero attached hydrogens (tertiary/aromatic N) is 4. The van der Waals surface area contributed by atoms with E-state index in [1.165, 1.54) is 26.2 Å². The minimum atomic E-state index is -0.134. The third-order valence-electron chi connectivity index (χ3n) is 5.11. The van der Waals surface area contributed by atoms with Gasteiger partial charge in [0.2, 0.25) is 0 Å². The molecular weight excluding hydrogens is 304 g/mol. The van der Waals surface area contributed by atoms with E-state index in [2.05, 4.69) is 26.7 Å². The quantitative estimate of drug-likeness (QED) is 0.745. The van der Waals surface area contributed by atoms with Crippen molar-refractivity contribution < 1.29 is 9.53 Å². The van der Waals surface area contributed by atoms with E-state index in [4.69, 9.17) is 4.74 Å². The van der Waals surface area contributed by atoms with Crippen molar-refractivity contribution in [2.24, 2.45) is 0 Å². The van der Waals surface area contributed by atoms with Crippen LogP contribution in [0.2, 0.25) is 0 Å². The summed E-state index contributed by atoms with van der Waals surface area (Å²) < 4.78 is 5.36. The first-order chi connectivity index (χ1) is 11.7. The highest BCUT2D eigenvalue weighted by Gasteiger charge is 2.27. The van der Waals surface area contributed by atoms with E-state index in [1.54, 1.807) is 12.4 Å². The molecule has 3 heterocycles. The zero-order valence-corrected chi connectivity index (χ0v) is 14.6. The molecule has 2 aliphatic rings. The number of esters is 1. The molecule has 0 N–H and O–H groups in total. The summed E-state index contributed by atoms with van der Waals surface area (Å²) in [5.74, 6) is -0.134. The van der Waals surface area contributed by atoms with Gasteiger partial charge in [0.25, 0.3) is 0 Å². The lowest BCUT2D eigenvalue weighted by molar-refractivity contribution is -0.146. The number of carbonyl (C=O) groups is 1. The Morgan fingerprint density at radius 1 is 1.12 bits per heavy atom. The average Bonchev–Trinajstić information content (AvgIpc) is 2.62. The summed E-state index contributed by atoms with van der Waals surface area (Å²) in [6.07, 6.45) is 5.74. The average molecular weight is 332 g/mol. The van der Waals surface area contributed by atoms with E-state index >= 15 is 0 Å². The second kappa shape index (κ2) is 8.55. The molecule has 0 aromatic carbocycles. The topological polar surface area (TPSA) is 48.9 Å². The van der Waals surface area contributed by atoms with Crippen molar-refractivity contribution >= 4 is 5.97 Å². The Morgan fingerprint density at radius 3 is 2.46 bits per heavy atom. The number of piperazine rings is 1. The highest BCUT2D eigenvalue weighted by Crippen LogP contribution is 2.18. The summed E-state index contributed by atoms with van der Waals surface area (Å²) in [6.45, 7) is 7.40. The van der Waals surface area contributed by atoms with Gasteiger partial charge in [-0.2, -0.15) is 0 Å². The Labute approximate surface area is 144 Å². The summed E-state index contributed by atoms with van der Waals surface area (Å²) in [5, 5.41) is 0. The lowest BCUT2D eigenvalue weighted by Gasteiger charge is -2.41. The van der Waals surface area contributed by atoms with E-state index < -0.39 is 0 Å². The van der Waals surface area contributed by atoms with Crippen LogP contribution in [0.15, 0.2) is 24.5 Å². The molecule has 132 valence electrons. The molecule has 0 radical (unpaired) electrons. The van der Waals surface area contributed by atoms with Gasteiger partial charge >= 0.3 is 5.97 Å². The fourth-order valence-corrected chi connectivity index (χ4v) is 3.50. The van der Waals surface area contributed by atoms with E-state index in [0.717, 1.165) is 31.5 Å². The van der Waals surface area contributed by atoms with Crippen molar-refractivity contribution in [2.75, 3.05) is 52.9 Å². The molecule has 2 aliphatic heterocycles. The van der Waals surface area contributed by atoms with Crippen LogP contribution in [-0.4, -0.2) is 84.6 Å². The molecule has 0 saturated carbocycles. The number of rotatable bonds is 5. The molecule has 0 unspecified atom stereocenters. The van der Waals surface area contributed by atoms with Gasteiger partial charge in [-0.05, 0) is 37.6 Å². The van der Waals surface area contributed by atoms with Gasteiger partial charge in [-0.25, -0.2) is 0 Å². The Morgan fingerprint density at radius 2 is 1.79 bits per heavy atom. The fourth-order valence-electron chi connectivity index (χ4n) is 3.50. The van der Waals surface area contributed by atoms with Gasteiger partial charge in [0, 0.05) is 57.7 Å². The van der Waals surface area contributed by atoms with Gasteiger partial charge in [-0.3, -0.25) is 19.6 Å². The number of aromatic nitrogens is 1. The molecule has 3 rings (SSSR count). The van der Waals surface area contributed by atoms with Crippen molar-refractivity contribution in [2.45, 2.75) is 25.5 Å². The zero-order chi connectivity index (χ0) is 16.8. The van der Waals surface area contributed by atoms with Crippen LogP contribution in [0.1, 0.15) is 18.4 Å². The number of carbonyl (C=O) groups excluding carboxylic acids is 1. The molecule has 1 aromatic rings. The number of pyridine rings is 1. The minimum Gasteiger partial charge on any atom is -0.460 e. The minimum absolute atomic E-state index is 0.134. The monoisotopic (exact) mass is 332 g/mol. The third kappa shape index (κ3) is 5.00. The maximum Gasteiger partial charge on any atom is 0.320 e. The lowest BCUT2D eigenvalue weighted by atomic mass is 10.0. The molecule has 2 fully saturated rings. The molecule has 1 aromatic heterocycles. The van der Waals surface area contributed by atoms with Crippen molar-refractivity contribution in [3.63, 3.8) is 0 Å². The summed E-state index contributed by atoms with van der Waals surface area (Å²) >= 11 is 0. The van der Waals surface area contributed by atoms with Crippen LogP contribution in [0, 0.1) is 0 Å². The summed E-state index contributed by atoms with van der Waals surface area (Å²) in [7, 11) is 2.19. The van der Waals surface area contributed by atoms with Crippen molar-refractivity contribution in [3.8, 4) is 0 Å². The Balaban J connectivity index is 1.35. The number of hydrogen-bond donors (Lipinski definition) is 0. The van der Waals surface area contributed by atoms with Crippen LogP contribution < -0.4 is 0 Å². The predicted octanol–water partition coefficient (Wildman–Crippen LogP) is 0.837. The van der Waals surface area contributed by atoms with Crippen LogP contribution >= 0.6 is 0 Å². The summed E-state index contributed by atoms with van der Waals surface area (Å²) in [5.41, 5.74) is 0.979. The highest BCUT2D eigenvalue weighted by molar-refractivity contribution is 5.71. The van der Waals surface area contributed by atoms with Gasteiger partial charge < -0.3 is 9.64 Å². The van der Waals surface area contributed by atoms with Crippen molar-refractivity contribution in [3.05, 3.63) is 30.1 Å². The fraction of sp³-hybridized carbons (Fsp3) is 0.667. The van der Waals surface area contributed by atoms with E-state index in [0.29, 0.717) is 19.2 Å². The molecule has 2 saturated heterocycles. The van der Waals surface area contributed by atoms with Gasteiger partial charge in [-0.1, -0.05) is 0 Å². The standard InChI is InChI=1S/C18H28N4O2/c1-20-10-12-22(13-11-20)17-4-8-21(9-5-17)14-18(23)24-15-16-2-6-19-7-3-16/h2-3,6-7,17H,4-5,8-15H2,1H3. The van der Waals surface area contributed by atoms with Crippen molar-refractivity contribution in [1.29, 1.82) is 0 Å². The Bertz CT molecular complexity index is 509. The second-order valence-corrected chi connectivity index (χ2v) is 6.86. The highest BCUT2D eigenvalue weighted by atomic mass is 16.5. The smallest absolute Gasteiger partial charge is 0.320 e. The Kier molecular flexibility index (Phi) is 6.18. The van der Waals surface area contributed by atoms with Gasteiger partial charge in [0.1, 0.15) is 6.61 Å². The first-order valence-electron chi connectivity index (χ1n) is 8.90. The SMILES string of the molecule is CN1CCN(C2CCN(CC(=O)OCc3ccncc3)CC2)CC1. The van der Waals surface area contributed by atoms with Crippen molar-refractivity contribution in [1.82, 2.24) is 19.7 Å². The lowest BCUT2D eigenvalue weighted by Crippen LogP contribution is -2.52. The van der Waals surface area contributed by atoms with Crippen LogP contribution in [0.4, 0.5) is 0 Å². The molecule has 0 spiro atoms. The maximum atomic E-state index is 12.0. The van der Waals surface area contributed by atoms with Crippen LogP contribution in [0.25, 0.3) is 0 Å². The number of likely N-dealkylation sites (tertiary alicyclic amines) is 1. The normalized spacial score (nSPS) is 21.7. The summed E-state index contributed by atoms with van der Waals surface area (Å²) in [4.78, 5) is 23.2. The number of ether oxygens (including phenoxy) is 1. The van der Waals surface area contributed by atoms with Crippen LogP contribution in [0.5, 0.6) is 0 Å². The van der Waals surface area contributed by atoms with Gasteiger partial charge in [0.15, 0.2) is 0 Å². The summed E-state index contributed by atoms with van der Waals surface area (Å²) in [6, 6.07) is 4.42. The van der Waals surface area contributed by atoms with E-state index in [9.17, 15) is 4.79 Å². The first kappa shape index (κ1) is 17.3. The maximum absolute atomic E-state index is 12.0. The molecular formula is C18H28N4O2. The third-order valence-corrected chi connectivity index (χ3v) is 5.11. The zero-order valence-electron chi connectivity index (χ0n) is 14.6. The molecule has 6 nitrogen and oxygen atoms in total. The number of piperidine rings is 1. The van der Waals surface area contributed by atoms with Crippen LogP contribution in [-0.2, 0) is 16.1 Å². The van der Waals surface area contributed by atoms with Gasteiger partial charge in [-0.15, -0.1) is 0 Å². The first-order valence-corrected chi connectivity index (χ1v) is 8.90. The predicted molar refractivity (Wildman–Crippen MR) is 92.6 cm³/mol. The van der Waals surface area contributed by atoms with Crippen LogP contribution in [0.3, 0.4) is 0 Å². The van der Waals surface area contributed by atoms with E-state index in [-0.39, 0.29) is 5.97 Å². The molecule has 0 bridgehead atoms. The Hall–Kier alpha value is -1.50. The second-order valence-electron chi connectivity index (χ2n) is 6.86. The van der Waals surface area contributed by atoms with Gasteiger partial charge in [0.05, 0.1) is 6.54 Å². The molecule has 6 heteroatoms. The number of hydrogen-bond acceptors (Lipinski definition) is 6. The molecule has 0 atom stereocenters. The molecule has 0 aliphatic carbocycles. The van der Waals surface area contributed by atoms with E-state index in [1.807, 2.05) is 12.1 Å². The molecule has 24 heavy (non-hydrogen) atoms. The molecule has 0 amide bonds. The largest absolute Gasteiger partial charge is 0.460 e.